The van der Waals surface area contributed by atoms with E-state index in [2.05, 4.69) is 21.4 Å². The van der Waals surface area contributed by atoms with Crippen molar-refractivity contribution in [3.63, 3.8) is 0 Å². The molecule has 0 aliphatic carbocycles. The molecule has 3 atom stereocenters. The molecule has 2 aromatic heterocycles. The third-order valence-corrected chi connectivity index (χ3v) is 6.04. The molecular formula is C22H28Cl2N6O2. The van der Waals surface area contributed by atoms with Gasteiger partial charge < -0.3 is 20.1 Å². The molecule has 8 nitrogen and oxygen atoms in total. The number of aromatic nitrogens is 3. The van der Waals surface area contributed by atoms with E-state index in [9.17, 15) is 10.4 Å². The number of pyridine rings is 1. The SMILES string of the molecule is CC(C)(O)COC1(c2cccnc2N2CC3CC(C2)N3)C=Cc2c(C#N)cnn2C1.Cl.Cl. The van der Waals surface area contributed by atoms with Crippen LogP contribution in [0.2, 0.25) is 0 Å². The lowest BCUT2D eigenvalue weighted by Crippen LogP contribution is -2.67. The van der Waals surface area contributed by atoms with Crippen LogP contribution in [0.5, 0.6) is 0 Å². The number of hydrogen-bond acceptors (Lipinski definition) is 7. The summed E-state index contributed by atoms with van der Waals surface area (Å²) in [5.41, 5.74) is 0.434. The highest BCUT2D eigenvalue weighted by atomic mass is 35.5. The highest BCUT2D eigenvalue weighted by Gasteiger charge is 2.43. The van der Waals surface area contributed by atoms with E-state index in [1.807, 2.05) is 30.5 Å². The Bertz CT molecular complexity index is 1030. The molecule has 3 saturated heterocycles. The molecule has 0 radical (unpaired) electrons. The highest BCUT2D eigenvalue weighted by molar-refractivity contribution is 5.85. The molecule has 3 fully saturated rings. The second-order valence-electron chi connectivity index (χ2n) is 9.11. The molecule has 172 valence electrons. The van der Waals surface area contributed by atoms with Crippen molar-refractivity contribution in [2.75, 3.05) is 24.6 Å². The predicted molar refractivity (Wildman–Crippen MR) is 126 cm³/mol. The van der Waals surface area contributed by atoms with E-state index >= 15 is 0 Å². The van der Waals surface area contributed by atoms with E-state index in [0.29, 0.717) is 24.2 Å². The lowest BCUT2D eigenvalue weighted by atomic mass is 9.87. The van der Waals surface area contributed by atoms with Crippen LogP contribution < -0.4 is 10.2 Å². The van der Waals surface area contributed by atoms with Crippen LogP contribution in [0.15, 0.2) is 30.6 Å². The standard InChI is InChI=1S/C22H26N6O2.2ClH/c1-21(2,29)14-30-22(6-5-19-15(9-23)10-25-28(19)13-22)18-4-3-7-24-20(18)27-11-16-8-17(12-27)26-16;;/h3-7,10,16-17,26,29H,8,11-14H2,1-2H3;2*1H. The van der Waals surface area contributed by atoms with E-state index in [1.165, 1.54) is 6.42 Å². The zero-order valence-electron chi connectivity index (χ0n) is 18.1. The van der Waals surface area contributed by atoms with Gasteiger partial charge in [-0.05, 0) is 38.5 Å². The molecule has 6 rings (SSSR count). The maximum atomic E-state index is 10.4. The normalized spacial score (nSPS) is 25.6. The van der Waals surface area contributed by atoms with Crippen molar-refractivity contribution in [3.05, 3.63) is 47.4 Å². The van der Waals surface area contributed by atoms with Crippen LogP contribution in [-0.4, -0.2) is 57.3 Å². The van der Waals surface area contributed by atoms with Crippen LogP contribution in [-0.2, 0) is 16.9 Å². The van der Waals surface area contributed by atoms with Crippen molar-refractivity contribution < 1.29 is 9.84 Å². The first-order chi connectivity index (χ1) is 14.4. The number of piperazine rings is 1. The number of aliphatic hydroxyl groups is 1. The summed E-state index contributed by atoms with van der Waals surface area (Å²) < 4.78 is 8.23. The maximum absolute atomic E-state index is 10.4. The summed E-state index contributed by atoms with van der Waals surface area (Å²) in [5.74, 6) is 0.908. The van der Waals surface area contributed by atoms with Crippen LogP contribution in [0.25, 0.3) is 6.08 Å². The van der Waals surface area contributed by atoms with Crippen molar-refractivity contribution in [1.82, 2.24) is 20.1 Å². The Balaban J connectivity index is 0.00000144. The number of anilines is 1. The van der Waals surface area contributed by atoms with Gasteiger partial charge in [0.2, 0.25) is 0 Å². The Morgan fingerprint density at radius 2 is 2.06 bits per heavy atom. The van der Waals surface area contributed by atoms with Gasteiger partial charge in [-0.15, -0.1) is 24.8 Å². The quantitative estimate of drug-likeness (QED) is 0.679. The number of hydrogen-bond donors (Lipinski definition) is 2. The largest absolute Gasteiger partial charge is 0.388 e. The number of rotatable bonds is 5. The van der Waals surface area contributed by atoms with Crippen LogP contribution in [0.3, 0.4) is 0 Å². The van der Waals surface area contributed by atoms with Crippen molar-refractivity contribution in [2.24, 2.45) is 0 Å². The van der Waals surface area contributed by atoms with E-state index < -0.39 is 11.2 Å². The zero-order valence-corrected chi connectivity index (χ0v) is 19.7. The number of piperidine rings is 1. The fourth-order valence-electron chi connectivity index (χ4n) is 4.59. The average Bonchev–Trinajstić information content (AvgIpc) is 3.13. The van der Waals surface area contributed by atoms with Crippen molar-refractivity contribution in [2.45, 2.75) is 50.1 Å². The minimum Gasteiger partial charge on any atom is -0.388 e. The Morgan fingerprint density at radius 3 is 2.72 bits per heavy atom. The number of halogens is 2. The third kappa shape index (κ3) is 4.36. The van der Waals surface area contributed by atoms with Crippen LogP contribution >= 0.6 is 24.8 Å². The Hall–Kier alpha value is -2.15. The lowest BCUT2D eigenvalue weighted by molar-refractivity contribution is -0.0970. The summed E-state index contributed by atoms with van der Waals surface area (Å²) in [6.45, 7) is 5.85. The van der Waals surface area contributed by atoms with Gasteiger partial charge >= 0.3 is 0 Å². The Labute approximate surface area is 200 Å². The molecule has 6 heterocycles. The molecule has 0 spiro atoms. The monoisotopic (exact) mass is 478 g/mol. The van der Waals surface area contributed by atoms with Gasteiger partial charge in [-0.3, -0.25) is 4.68 Å². The fourth-order valence-corrected chi connectivity index (χ4v) is 4.59. The summed E-state index contributed by atoms with van der Waals surface area (Å²) in [6.07, 6.45) is 8.49. The Kier molecular flexibility index (Phi) is 6.89. The third-order valence-electron chi connectivity index (χ3n) is 6.04. The molecule has 2 bridgehead atoms. The van der Waals surface area contributed by atoms with Gasteiger partial charge in [-0.1, -0.05) is 6.07 Å². The second-order valence-corrected chi connectivity index (χ2v) is 9.11. The van der Waals surface area contributed by atoms with Gasteiger partial charge in [-0.2, -0.15) is 10.4 Å². The van der Waals surface area contributed by atoms with Gasteiger partial charge in [-0.25, -0.2) is 4.98 Å². The fraction of sp³-hybridized carbons (Fsp3) is 0.500. The topological polar surface area (TPSA) is 99.2 Å². The van der Waals surface area contributed by atoms with E-state index in [1.54, 1.807) is 24.7 Å². The van der Waals surface area contributed by atoms with Gasteiger partial charge in [0.05, 0.1) is 36.2 Å². The zero-order chi connectivity index (χ0) is 20.9. The summed E-state index contributed by atoms with van der Waals surface area (Å²) in [5, 5.41) is 27.7. The Morgan fingerprint density at radius 1 is 1.34 bits per heavy atom. The lowest BCUT2D eigenvalue weighted by Gasteiger charge is -2.49. The smallest absolute Gasteiger partial charge is 0.135 e. The van der Waals surface area contributed by atoms with Crippen LogP contribution in [0, 0.1) is 11.3 Å². The molecule has 3 unspecified atom stereocenters. The predicted octanol–water partition coefficient (Wildman–Crippen LogP) is 2.25. The van der Waals surface area contributed by atoms with Gasteiger partial charge in [0, 0.05) is 36.9 Å². The number of nitrogens with one attached hydrogen (secondary N) is 1. The minimum absolute atomic E-state index is 0. The molecule has 0 aromatic carbocycles. The molecule has 2 aromatic rings. The molecule has 0 saturated carbocycles. The molecule has 4 aliphatic heterocycles. The second kappa shape index (κ2) is 9.00. The molecule has 32 heavy (non-hydrogen) atoms. The first-order valence-corrected chi connectivity index (χ1v) is 10.3. The minimum atomic E-state index is -0.984. The van der Waals surface area contributed by atoms with Crippen LogP contribution in [0.4, 0.5) is 5.82 Å². The van der Waals surface area contributed by atoms with Gasteiger partial charge in [0.1, 0.15) is 17.5 Å². The molecule has 2 N–H and O–H groups in total. The highest BCUT2D eigenvalue weighted by Crippen LogP contribution is 2.40. The van der Waals surface area contributed by atoms with Gasteiger partial charge in [0.25, 0.3) is 0 Å². The summed E-state index contributed by atoms with van der Waals surface area (Å²) in [4.78, 5) is 7.07. The first-order valence-electron chi connectivity index (χ1n) is 10.3. The number of ether oxygens (including phenoxy) is 1. The molecule has 4 aliphatic rings. The first kappa shape index (κ1) is 24.5. The summed E-state index contributed by atoms with van der Waals surface area (Å²) >= 11 is 0. The van der Waals surface area contributed by atoms with E-state index in [0.717, 1.165) is 30.2 Å². The molecular weight excluding hydrogens is 451 g/mol. The van der Waals surface area contributed by atoms with E-state index in [-0.39, 0.29) is 31.4 Å². The van der Waals surface area contributed by atoms with Crippen LogP contribution in [0.1, 0.15) is 37.1 Å². The maximum Gasteiger partial charge on any atom is 0.135 e. The molecule has 10 heteroatoms. The number of nitriles is 1. The van der Waals surface area contributed by atoms with Crippen molar-refractivity contribution in [1.29, 1.82) is 5.26 Å². The number of nitrogens with zero attached hydrogens (tertiary/aromatic N) is 5. The average molecular weight is 479 g/mol. The molecule has 0 amide bonds. The van der Waals surface area contributed by atoms with Crippen molar-refractivity contribution in [3.8, 4) is 6.07 Å². The van der Waals surface area contributed by atoms with E-state index in [4.69, 9.17) is 9.72 Å². The van der Waals surface area contributed by atoms with Crippen molar-refractivity contribution >= 4 is 36.7 Å². The van der Waals surface area contributed by atoms with Gasteiger partial charge in [0.15, 0.2) is 0 Å². The summed E-state index contributed by atoms with van der Waals surface area (Å²) in [7, 11) is 0. The number of fused-ring (bicyclic) bond motifs is 3. The summed E-state index contributed by atoms with van der Waals surface area (Å²) in [6, 6.07) is 7.16.